The molecule has 23 heavy (non-hydrogen) atoms. The van der Waals surface area contributed by atoms with Crippen LogP contribution < -0.4 is 4.90 Å². The van der Waals surface area contributed by atoms with Gasteiger partial charge in [-0.2, -0.15) is 0 Å². The molecule has 1 aromatic rings. The average Bonchev–Trinajstić information content (AvgIpc) is 2.49. The molecule has 128 valence electrons. The SMILES string of the molecule is CCN(c1ccc(F)cc1)C1CCN(C(=O)OC(C)(C)C)CC1. The molecule has 0 radical (unpaired) electrons. The van der Waals surface area contributed by atoms with Gasteiger partial charge in [0.1, 0.15) is 11.4 Å². The van der Waals surface area contributed by atoms with Crippen molar-refractivity contribution in [3.05, 3.63) is 30.1 Å². The third-order valence-electron chi connectivity index (χ3n) is 4.06. The Morgan fingerprint density at radius 1 is 1.26 bits per heavy atom. The normalized spacial score (nSPS) is 16.3. The Kier molecular flexibility index (Phi) is 5.50. The minimum absolute atomic E-state index is 0.218. The van der Waals surface area contributed by atoms with Crippen LogP contribution in [0, 0.1) is 5.82 Å². The highest BCUT2D eigenvalue weighted by molar-refractivity contribution is 5.68. The molecule has 0 N–H and O–H groups in total. The zero-order valence-corrected chi connectivity index (χ0v) is 14.5. The highest BCUT2D eigenvalue weighted by atomic mass is 19.1. The minimum Gasteiger partial charge on any atom is -0.444 e. The van der Waals surface area contributed by atoms with Gasteiger partial charge in [0.05, 0.1) is 0 Å². The van der Waals surface area contributed by atoms with E-state index in [4.69, 9.17) is 4.74 Å². The molecule has 1 fully saturated rings. The van der Waals surface area contributed by atoms with Crippen molar-refractivity contribution >= 4 is 11.8 Å². The summed E-state index contributed by atoms with van der Waals surface area (Å²) in [4.78, 5) is 16.2. The number of piperidine rings is 1. The molecule has 2 rings (SSSR count). The first-order chi connectivity index (χ1) is 10.8. The van der Waals surface area contributed by atoms with Gasteiger partial charge in [0, 0.05) is 31.4 Å². The molecule has 0 unspecified atom stereocenters. The van der Waals surface area contributed by atoms with Gasteiger partial charge in [0.2, 0.25) is 0 Å². The Bertz CT molecular complexity index is 517. The fourth-order valence-corrected chi connectivity index (χ4v) is 2.97. The molecule has 0 atom stereocenters. The van der Waals surface area contributed by atoms with Crippen LogP contribution in [-0.4, -0.2) is 42.3 Å². The first-order valence-electron chi connectivity index (χ1n) is 8.30. The van der Waals surface area contributed by atoms with Gasteiger partial charge in [-0.3, -0.25) is 0 Å². The lowest BCUT2D eigenvalue weighted by Gasteiger charge is -2.39. The predicted molar refractivity (Wildman–Crippen MR) is 90.2 cm³/mol. The highest BCUT2D eigenvalue weighted by Crippen LogP contribution is 2.24. The molecule has 0 spiro atoms. The summed E-state index contributed by atoms with van der Waals surface area (Å²) in [6.07, 6.45) is 1.55. The van der Waals surface area contributed by atoms with Gasteiger partial charge in [0.15, 0.2) is 0 Å². The second kappa shape index (κ2) is 7.20. The molecular weight excluding hydrogens is 295 g/mol. The number of hydrogen-bond acceptors (Lipinski definition) is 3. The van der Waals surface area contributed by atoms with Crippen LogP contribution in [0.2, 0.25) is 0 Å². The van der Waals surface area contributed by atoms with Crippen LogP contribution in [0.25, 0.3) is 0 Å². The van der Waals surface area contributed by atoms with E-state index in [-0.39, 0.29) is 11.9 Å². The number of carbonyl (C=O) groups is 1. The topological polar surface area (TPSA) is 32.8 Å². The summed E-state index contributed by atoms with van der Waals surface area (Å²) >= 11 is 0. The molecule has 1 heterocycles. The van der Waals surface area contributed by atoms with Crippen molar-refractivity contribution in [1.82, 2.24) is 4.90 Å². The smallest absolute Gasteiger partial charge is 0.410 e. The van der Waals surface area contributed by atoms with Crippen molar-refractivity contribution in [3.8, 4) is 0 Å². The van der Waals surface area contributed by atoms with Crippen molar-refractivity contribution in [1.29, 1.82) is 0 Å². The first kappa shape index (κ1) is 17.6. The van der Waals surface area contributed by atoms with Crippen molar-refractivity contribution in [2.24, 2.45) is 0 Å². The highest BCUT2D eigenvalue weighted by Gasteiger charge is 2.29. The molecule has 1 aliphatic heterocycles. The fraction of sp³-hybridized carbons (Fsp3) is 0.611. The van der Waals surface area contributed by atoms with Crippen molar-refractivity contribution in [3.63, 3.8) is 0 Å². The van der Waals surface area contributed by atoms with E-state index in [1.807, 2.05) is 32.9 Å². The van der Waals surface area contributed by atoms with E-state index in [2.05, 4.69) is 11.8 Å². The molecule has 0 aliphatic carbocycles. The van der Waals surface area contributed by atoms with Crippen LogP contribution in [0.3, 0.4) is 0 Å². The minimum atomic E-state index is -0.461. The van der Waals surface area contributed by atoms with E-state index in [1.165, 1.54) is 12.1 Å². The molecule has 0 saturated carbocycles. The summed E-state index contributed by atoms with van der Waals surface area (Å²) in [6.45, 7) is 9.99. The first-order valence-corrected chi connectivity index (χ1v) is 8.30. The summed E-state index contributed by atoms with van der Waals surface area (Å²) in [7, 11) is 0. The standard InChI is InChI=1S/C18H27FN2O2/c1-5-21(15-8-6-14(19)7-9-15)16-10-12-20(13-11-16)17(22)23-18(2,3)4/h6-9,16H,5,10-13H2,1-4H3. The summed E-state index contributed by atoms with van der Waals surface area (Å²) < 4.78 is 18.5. The number of halogens is 1. The number of rotatable bonds is 3. The number of likely N-dealkylation sites (tertiary alicyclic amines) is 1. The van der Waals surface area contributed by atoms with E-state index in [0.717, 1.165) is 25.1 Å². The van der Waals surface area contributed by atoms with E-state index in [0.29, 0.717) is 19.1 Å². The van der Waals surface area contributed by atoms with Gasteiger partial charge in [0.25, 0.3) is 0 Å². The Morgan fingerprint density at radius 3 is 2.30 bits per heavy atom. The van der Waals surface area contributed by atoms with Crippen LogP contribution in [0.15, 0.2) is 24.3 Å². The van der Waals surface area contributed by atoms with Crippen LogP contribution in [0.1, 0.15) is 40.5 Å². The Labute approximate surface area is 138 Å². The number of anilines is 1. The third-order valence-corrected chi connectivity index (χ3v) is 4.06. The number of carbonyl (C=O) groups excluding carboxylic acids is 1. The third kappa shape index (κ3) is 4.85. The van der Waals surface area contributed by atoms with Crippen LogP contribution >= 0.6 is 0 Å². The van der Waals surface area contributed by atoms with Crippen LogP contribution in [0.5, 0.6) is 0 Å². The Hall–Kier alpha value is -1.78. The van der Waals surface area contributed by atoms with Gasteiger partial charge in [-0.1, -0.05) is 0 Å². The van der Waals surface area contributed by atoms with Crippen LogP contribution in [0.4, 0.5) is 14.9 Å². The van der Waals surface area contributed by atoms with Crippen molar-refractivity contribution in [2.75, 3.05) is 24.5 Å². The van der Waals surface area contributed by atoms with Crippen molar-refractivity contribution < 1.29 is 13.9 Å². The van der Waals surface area contributed by atoms with E-state index in [9.17, 15) is 9.18 Å². The number of hydrogen-bond donors (Lipinski definition) is 0. The Morgan fingerprint density at radius 2 is 1.83 bits per heavy atom. The van der Waals surface area contributed by atoms with Gasteiger partial charge in [-0.05, 0) is 64.8 Å². The number of nitrogens with zero attached hydrogens (tertiary/aromatic N) is 2. The van der Waals surface area contributed by atoms with Gasteiger partial charge in [-0.25, -0.2) is 9.18 Å². The summed E-state index contributed by atoms with van der Waals surface area (Å²) in [6, 6.07) is 6.99. The van der Waals surface area contributed by atoms with E-state index in [1.54, 1.807) is 4.90 Å². The Balaban J connectivity index is 1.94. The maximum absolute atomic E-state index is 13.1. The molecule has 1 aromatic carbocycles. The summed E-state index contributed by atoms with van der Waals surface area (Å²) in [5.74, 6) is -0.218. The maximum atomic E-state index is 13.1. The van der Waals surface area contributed by atoms with Crippen LogP contribution in [-0.2, 0) is 4.74 Å². The predicted octanol–water partition coefficient (Wildman–Crippen LogP) is 4.05. The number of ether oxygens (including phenoxy) is 1. The molecule has 1 aliphatic rings. The van der Waals surface area contributed by atoms with Gasteiger partial charge in [-0.15, -0.1) is 0 Å². The summed E-state index contributed by atoms with van der Waals surface area (Å²) in [5, 5.41) is 0. The van der Waals surface area contributed by atoms with E-state index >= 15 is 0 Å². The zero-order chi connectivity index (χ0) is 17.0. The monoisotopic (exact) mass is 322 g/mol. The second-order valence-electron chi connectivity index (χ2n) is 6.96. The molecule has 1 saturated heterocycles. The van der Waals surface area contributed by atoms with E-state index < -0.39 is 5.60 Å². The molecular formula is C18H27FN2O2. The molecule has 0 bridgehead atoms. The van der Waals surface area contributed by atoms with Crippen molar-refractivity contribution in [2.45, 2.75) is 52.2 Å². The molecule has 5 heteroatoms. The largest absolute Gasteiger partial charge is 0.444 e. The molecule has 4 nitrogen and oxygen atoms in total. The molecule has 1 amide bonds. The lowest BCUT2D eigenvalue weighted by molar-refractivity contribution is 0.0205. The van der Waals surface area contributed by atoms with Gasteiger partial charge >= 0.3 is 6.09 Å². The lowest BCUT2D eigenvalue weighted by atomic mass is 10.0. The lowest BCUT2D eigenvalue weighted by Crippen LogP contribution is -2.48. The zero-order valence-electron chi connectivity index (χ0n) is 14.5. The molecule has 0 aromatic heterocycles. The average molecular weight is 322 g/mol. The van der Waals surface area contributed by atoms with Gasteiger partial charge < -0.3 is 14.5 Å². The summed E-state index contributed by atoms with van der Waals surface area (Å²) in [5.41, 5.74) is 0.571. The maximum Gasteiger partial charge on any atom is 0.410 e. The number of amides is 1. The second-order valence-corrected chi connectivity index (χ2v) is 6.96. The quantitative estimate of drug-likeness (QED) is 0.841. The fourth-order valence-electron chi connectivity index (χ4n) is 2.97. The number of benzene rings is 1.